The summed E-state index contributed by atoms with van der Waals surface area (Å²) in [6, 6.07) is 3.79. The smallest absolute Gasteiger partial charge is 0.407 e. The molecule has 0 aliphatic carbocycles. The second kappa shape index (κ2) is 3.41. The van der Waals surface area contributed by atoms with Crippen LogP contribution in [0.2, 0.25) is 0 Å². The Kier molecular flexibility index (Phi) is 2.08. The van der Waals surface area contributed by atoms with E-state index in [1.807, 2.05) is 32.9 Å². The lowest BCUT2D eigenvalue weighted by molar-refractivity contribution is 0.500. The van der Waals surface area contributed by atoms with E-state index in [2.05, 4.69) is 15.0 Å². The molecule has 5 heteroatoms. The van der Waals surface area contributed by atoms with E-state index in [1.165, 1.54) is 6.33 Å². The minimum Gasteiger partial charge on any atom is -0.407 e. The molecule has 1 aromatic carbocycles. The van der Waals surface area contributed by atoms with E-state index in [9.17, 15) is 4.79 Å². The van der Waals surface area contributed by atoms with Gasteiger partial charge < -0.3 is 4.42 Å². The molecule has 0 aliphatic rings. The molecular weight excluding hydrogens is 230 g/mol. The molecule has 2 heterocycles. The van der Waals surface area contributed by atoms with E-state index in [1.54, 1.807) is 0 Å². The largest absolute Gasteiger partial charge is 0.416 e. The lowest BCUT2D eigenvalue weighted by Gasteiger charge is -2.19. The van der Waals surface area contributed by atoms with Gasteiger partial charge in [-0.1, -0.05) is 20.8 Å². The number of nitrogens with zero attached hydrogens (tertiary/aromatic N) is 2. The molecule has 5 nitrogen and oxygen atoms in total. The van der Waals surface area contributed by atoms with Crippen LogP contribution in [0.15, 0.2) is 27.7 Å². The van der Waals surface area contributed by atoms with Gasteiger partial charge in [0.15, 0.2) is 5.58 Å². The Morgan fingerprint density at radius 2 is 2.00 bits per heavy atom. The van der Waals surface area contributed by atoms with Gasteiger partial charge in [-0.25, -0.2) is 14.8 Å². The lowest BCUT2D eigenvalue weighted by atomic mass is 9.89. The topological polar surface area (TPSA) is 71.8 Å². The molecule has 92 valence electrons. The van der Waals surface area contributed by atoms with Crippen molar-refractivity contribution in [2.24, 2.45) is 0 Å². The van der Waals surface area contributed by atoms with Gasteiger partial charge in [-0.05, 0) is 12.1 Å². The minimum absolute atomic E-state index is 0.179. The van der Waals surface area contributed by atoms with Crippen LogP contribution >= 0.6 is 0 Å². The predicted molar refractivity (Wildman–Crippen MR) is 68.6 cm³/mol. The van der Waals surface area contributed by atoms with Crippen LogP contribution in [-0.4, -0.2) is 15.0 Å². The van der Waals surface area contributed by atoms with Crippen molar-refractivity contribution in [1.82, 2.24) is 15.0 Å². The molecule has 0 fully saturated rings. The van der Waals surface area contributed by atoms with Gasteiger partial charge in [0.25, 0.3) is 0 Å². The number of rotatable bonds is 0. The molecule has 18 heavy (non-hydrogen) atoms. The molecule has 3 rings (SSSR count). The fourth-order valence-corrected chi connectivity index (χ4v) is 2.12. The van der Waals surface area contributed by atoms with Gasteiger partial charge in [-0.15, -0.1) is 0 Å². The summed E-state index contributed by atoms with van der Waals surface area (Å²) in [4.78, 5) is 22.7. The van der Waals surface area contributed by atoms with Crippen molar-refractivity contribution in [3.05, 3.63) is 34.7 Å². The number of hydrogen-bond donors (Lipinski definition) is 1. The third kappa shape index (κ3) is 1.51. The number of fused-ring (bicyclic) bond motifs is 3. The van der Waals surface area contributed by atoms with Crippen LogP contribution in [0.25, 0.3) is 22.0 Å². The summed E-state index contributed by atoms with van der Waals surface area (Å²) >= 11 is 0. The molecule has 0 aliphatic heterocycles. The van der Waals surface area contributed by atoms with E-state index in [0.717, 1.165) is 16.6 Å². The molecule has 0 spiro atoms. The molecular formula is C13H13N3O2. The first-order valence-corrected chi connectivity index (χ1v) is 5.74. The molecule has 0 saturated heterocycles. The van der Waals surface area contributed by atoms with Gasteiger partial charge in [0.1, 0.15) is 11.8 Å². The normalized spacial score (nSPS) is 12.4. The number of benzene rings is 1. The molecule has 3 aromatic rings. The van der Waals surface area contributed by atoms with Gasteiger partial charge in [-0.3, -0.25) is 4.98 Å². The number of imidazole rings is 1. The summed E-state index contributed by atoms with van der Waals surface area (Å²) in [7, 11) is 0. The zero-order chi connectivity index (χ0) is 12.9. The SMILES string of the molecule is CC(C)(C)c1[nH]c(=O)oc2c1ccc1ncnc12. The molecule has 0 bridgehead atoms. The molecule has 0 atom stereocenters. The highest BCUT2D eigenvalue weighted by atomic mass is 16.4. The molecule has 0 amide bonds. The maximum Gasteiger partial charge on any atom is 0.416 e. The van der Waals surface area contributed by atoms with Gasteiger partial charge in [0.2, 0.25) is 0 Å². The fourth-order valence-electron chi connectivity index (χ4n) is 2.12. The first-order chi connectivity index (χ1) is 8.47. The summed E-state index contributed by atoms with van der Waals surface area (Å²) in [6.45, 7) is 6.12. The van der Waals surface area contributed by atoms with E-state index in [-0.39, 0.29) is 5.41 Å². The van der Waals surface area contributed by atoms with Gasteiger partial charge in [-0.2, -0.15) is 0 Å². The predicted octanol–water partition coefficient (Wildman–Crippen LogP) is 2.36. The molecule has 0 saturated carbocycles. The van der Waals surface area contributed by atoms with Crippen molar-refractivity contribution >= 4 is 22.0 Å². The van der Waals surface area contributed by atoms with Gasteiger partial charge in [0, 0.05) is 16.5 Å². The Hall–Kier alpha value is -2.17. The van der Waals surface area contributed by atoms with Gasteiger partial charge in [0.05, 0.1) is 5.52 Å². The van der Waals surface area contributed by atoms with Crippen LogP contribution in [-0.2, 0) is 5.41 Å². The average molecular weight is 243 g/mol. The number of nitrogens with one attached hydrogen (secondary N) is 1. The summed E-state index contributed by atoms with van der Waals surface area (Å²) in [5.74, 6) is -0.470. The van der Waals surface area contributed by atoms with E-state index >= 15 is 0 Å². The van der Waals surface area contributed by atoms with Crippen molar-refractivity contribution in [2.45, 2.75) is 26.2 Å². The number of aromatic amines is 1. The number of aromatic nitrogens is 3. The second-order valence-corrected chi connectivity index (χ2v) is 5.32. The third-order valence-corrected chi connectivity index (χ3v) is 2.94. The van der Waals surface area contributed by atoms with Crippen molar-refractivity contribution in [3.8, 4) is 0 Å². The Morgan fingerprint density at radius 1 is 1.22 bits per heavy atom. The lowest BCUT2D eigenvalue weighted by Crippen LogP contribution is -2.19. The van der Waals surface area contributed by atoms with Gasteiger partial charge >= 0.3 is 5.76 Å². The highest BCUT2D eigenvalue weighted by molar-refractivity contribution is 6.01. The summed E-state index contributed by atoms with van der Waals surface area (Å²) in [5.41, 5.74) is 2.53. The van der Waals surface area contributed by atoms with Crippen LogP contribution in [0, 0.1) is 0 Å². The monoisotopic (exact) mass is 243 g/mol. The van der Waals surface area contributed by atoms with Crippen molar-refractivity contribution in [2.75, 3.05) is 0 Å². The van der Waals surface area contributed by atoms with E-state index < -0.39 is 5.76 Å². The maximum atomic E-state index is 11.6. The number of hydrogen-bond acceptors (Lipinski definition) is 4. The Balaban J connectivity index is 2.56. The summed E-state index contributed by atoms with van der Waals surface area (Å²) < 4.78 is 5.26. The van der Waals surface area contributed by atoms with Crippen LogP contribution in [0.3, 0.4) is 0 Å². The minimum atomic E-state index is -0.470. The van der Waals surface area contributed by atoms with Crippen molar-refractivity contribution < 1.29 is 4.42 Å². The Labute approximate surface area is 103 Å². The molecule has 1 N–H and O–H groups in total. The van der Waals surface area contributed by atoms with Crippen molar-refractivity contribution in [1.29, 1.82) is 0 Å². The first kappa shape index (κ1) is 11.0. The van der Waals surface area contributed by atoms with Crippen LogP contribution in [0.1, 0.15) is 26.5 Å². The first-order valence-electron chi connectivity index (χ1n) is 5.74. The Morgan fingerprint density at radius 3 is 2.72 bits per heavy atom. The molecule has 0 radical (unpaired) electrons. The zero-order valence-electron chi connectivity index (χ0n) is 10.4. The quantitative estimate of drug-likeness (QED) is 0.658. The van der Waals surface area contributed by atoms with Crippen molar-refractivity contribution in [3.63, 3.8) is 0 Å². The highest BCUT2D eigenvalue weighted by Gasteiger charge is 2.21. The van der Waals surface area contributed by atoms with E-state index in [4.69, 9.17) is 4.42 Å². The van der Waals surface area contributed by atoms with Crippen LogP contribution < -0.4 is 5.76 Å². The standard InChI is InChI=1S/C13H13N3O2/c1-13(2,3)11-7-4-5-8-9(15-6-14-8)10(7)18-12(17)16-11/h4-6H,1-3H3,(H,16,17). The maximum absolute atomic E-state index is 11.6. The summed E-state index contributed by atoms with van der Waals surface area (Å²) in [5, 5.41) is 0.870. The average Bonchev–Trinajstić information content (AvgIpc) is 2.74. The zero-order valence-corrected chi connectivity index (χ0v) is 10.4. The molecule has 2 aromatic heterocycles. The molecule has 0 unspecified atom stereocenters. The fraction of sp³-hybridized carbons (Fsp3) is 0.308. The van der Waals surface area contributed by atoms with Crippen LogP contribution in [0.4, 0.5) is 0 Å². The summed E-state index contributed by atoms with van der Waals surface area (Å²) in [6.07, 6.45) is 1.47. The third-order valence-electron chi connectivity index (χ3n) is 2.94. The van der Waals surface area contributed by atoms with Crippen LogP contribution in [0.5, 0.6) is 0 Å². The highest BCUT2D eigenvalue weighted by Crippen LogP contribution is 2.29. The van der Waals surface area contributed by atoms with E-state index in [0.29, 0.717) is 11.1 Å². The second-order valence-electron chi connectivity index (χ2n) is 5.32. The number of H-pyrrole nitrogens is 1. The Bertz CT molecular complexity index is 793.